The lowest BCUT2D eigenvalue weighted by molar-refractivity contribution is -0.117. The molecule has 0 aliphatic carbocycles. The Kier molecular flexibility index (Phi) is 3.21. The molecule has 1 aromatic rings. The molecular weight excluding hydrogens is 256 g/mol. The van der Waals surface area contributed by atoms with Crippen LogP contribution in [-0.2, 0) is 4.79 Å². The molecule has 0 saturated carbocycles. The van der Waals surface area contributed by atoms with Crippen molar-refractivity contribution in [1.29, 1.82) is 0 Å². The highest BCUT2D eigenvalue weighted by atomic mass is 19.1. The number of terminal acetylenes is 1. The molecule has 0 bridgehead atoms. The van der Waals surface area contributed by atoms with Gasteiger partial charge in [-0.05, 0) is 6.07 Å². The SMILES string of the molecule is C#CC1CC(=O)N(c2cc(F)cc(F)c2C(=O)O)C1. The van der Waals surface area contributed by atoms with E-state index in [0.717, 1.165) is 11.0 Å². The van der Waals surface area contributed by atoms with Gasteiger partial charge in [-0.2, -0.15) is 0 Å². The summed E-state index contributed by atoms with van der Waals surface area (Å²) >= 11 is 0. The number of hydrogen-bond donors (Lipinski definition) is 1. The normalized spacial score (nSPS) is 18.5. The molecule has 4 nitrogen and oxygen atoms in total. The number of nitrogens with zero attached hydrogens (tertiary/aromatic N) is 1. The first-order chi connectivity index (χ1) is 8.93. The van der Waals surface area contributed by atoms with Crippen molar-refractivity contribution in [3.05, 3.63) is 29.3 Å². The smallest absolute Gasteiger partial charge is 0.340 e. The van der Waals surface area contributed by atoms with Crippen LogP contribution in [0.5, 0.6) is 0 Å². The van der Waals surface area contributed by atoms with Crippen molar-refractivity contribution in [2.45, 2.75) is 6.42 Å². The van der Waals surface area contributed by atoms with Crippen LogP contribution < -0.4 is 4.90 Å². The Morgan fingerprint density at radius 3 is 2.68 bits per heavy atom. The molecule has 1 aromatic carbocycles. The van der Waals surface area contributed by atoms with Crippen LogP contribution in [-0.4, -0.2) is 23.5 Å². The molecule has 1 heterocycles. The number of hydrogen-bond acceptors (Lipinski definition) is 2. The van der Waals surface area contributed by atoms with Gasteiger partial charge in [-0.1, -0.05) is 0 Å². The van der Waals surface area contributed by atoms with Gasteiger partial charge in [0.05, 0.1) is 5.69 Å². The number of carbonyl (C=O) groups is 2. The second kappa shape index (κ2) is 4.69. The van der Waals surface area contributed by atoms with E-state index in [0.29, 0.717) is 6.07 Å². The van der Waals surface area contributed by atoms with Crippen LogP contribution in [0.1, 0.15) is 16.8 Å². The van der Waals surface area contributed by atoms with Crippen LogP contribution in [0.25, 0.3) is 0 Å². The van der Waals surface area contributed by atoms with Crippen molar-refractivity contribution in [2.75, 3.05) is 11.4 Å². The highest BCUT2D eigenvalue weighted by Gasteiger charge is 2.33. The Balaban J connectivity index is 2.54. The lowest BCUT2D eigenvalue weighted by Crippen LogP contribution is -2.27. The maximum Gasteiger partial charge on any atom is 0.340 e. The van der Waals surface area contributed by atoms with Gasteiger partial charge in [0.2, 0.25) is 5.91 Å². The summed E-state index contributed by atoms with van der Waals surface area (Å²) in [6.07, 6.45) is 5.24. The van der Waals surface area contributed by atoms with Gasteiger partial charge in [0.25, 0.3) is 0 Å². The van der Waals surface area contributed by atoms with E-state index in [9.17, 15) is 18.4 Å². The van der Waals surface area contributed by atoms with Gasteiger partial charge in [0.15, 0.2) is 0 Å². The van der Waals surface area contributed by atoms with Gasteiger partial charge < -0.3 is 10.0 Å². The molecule has 1 fully saturated rings. The highest BCUT2D eigenvalue weighted by Crippen LogP contribution is 2.30. The molecule has 0 spiro atoms. The Labute approximate surface area is 107 Å². The van der Waals surface area contributed by atoms with Crippen molar-refractivity contribution < 1.29 is 23.5 Å². The molecule has 19 heavy (non-hydrogen) atoms. The third-order valence-electron chi connectivity index (χ3n) is 2.90. The fraction of sp³-hybridized carbons (Fsp3) is 0.231. The number of carboxylic acid groups (broad SMARTS) is 1. The zero-order valence-electron chi connectivity index (χ0n) is 9.69. The summed E-state index contributed by atoms with van der Waals surface area (Å²) in [4.78, 5) is 23.8. The van der Waals surface area contributed by atoms with Gasteiger partial charge in [0, 0.05) is 24.9 Å². The molecule has 1 unspecified atom stereocenters. The van der Waals surface area contributed by atoms with Gasteiger partial charge in [-0.3, -0.25) is 4.79 Å². The summed E-state index contributed by atoms with van der Waals surface area (Å²) in [5.74, 6) is -2.20. The second-order valence-corrected chi connectivity index (χ2v) is 4.16. The van der Waals surface area contributed by atoms with Crippen molar-refractivity contribution in [1.82, 2.24) is 0 Å². The highest BCUT2D eigenvalue weighted by molar-refractivity contribution is 6.03. The summed E-state index contributed by atoms with van der Waals surface area (Å²) in [5.41, 5.74) is -1.03. The maximum absolute atomic E-state index is 13.5. The Morgan fingerprint density at radius 2 is 2.16 bits per heavy atom. The van der Waals surface area contributed by atoms with Crippen molar-refractivity contribution in [2.24, 2.45) is 5.92 Å². The van der Waals surface area contributed by atoms with E-state index in [-0.39, 0.29) is 24.6 Å². The van der Waals surface area contributed by atoms with E-state index in [4.69, 9.17) is 11.5 Å². The topological polar surface area (TPSA) is 57.6 Å². The quantitative estimate of drug-likeness (QED) is 0.827. The predicted octanol–water partition coefficient (Wildman–Crippen LogP) is 1.65. The summed E-state index contributed by atoms with van der Waals surface area (Å²) in [6, 6.07) is 1.29. The van der Waals surface area contributed by atoms with E-state index in [1.165, 1.54) is 0 Å². The van der Waals surface area contributed by atoms with Crippen molar-refractivity contribution in [3.63, 3.8) is 0 Å². The minimum Gasteiger partial charge on any atom is -0.478 e. The first-order valence-electron chi connectivity index (χ1n) is 5.43. The first-order valence-corrected chi connectivity index (χ1v) is 5.43. The lowest BCUT2D eigenvalue weighted by atomic mass is 10.1. The zero-order chi connectivity index (χ0) is 14.2. The molecule has 1 saturated heterocycles. The molecule has 1 aliphatic rings. The average Bonchev–Trinajstić information content (AvgIpc) is 2.68. The molecular formula is C13H9F2NO3. The van der Waals surface area contributed by atoms with E-state index in [1.807, 2.05) is 0 Å². The number of benzene rings is 1. The Hall–Kier alpha value is -2.42. The summed E-state index contributed by atoms with van der Waals surface area (Å²) < 4.78 is 26.7. The Morgan fingerprint density at radius 1 is 1.47 bits per heavy atom. The molecule has 6 heteroatoms. The molecule has 0 radical (unpaired) electrons. The number of rotatable bonds is 2. The van der Waals surface area contributed by atoms with Crippen LogP contribution in [0, 0.1) is 29.9 Å². The number of carbonyl (C=O) groups excluding carboxylic acids is 1. The van der Waals surface area contributed by atoms with Crippen LogP contribution >= 0.6 is 0 Å². The number of carboxylic acids is 1. The first kappa shape index (κ1) is 13.0. The molecule has 1 amide bonds. The van der Waals surface area contributed by atoms with E-state index >= 15 is 0 Å². The number of amides is 1. The third-order valence-corrected chi connectivity index (χ3v) is 2.90. The molecule has 1 atom stereocenters. The van der Waals surface area contributed by atoms with Crippen molar-refractivity contribution >= 4 is 17.6 Å². The van der Waals surface area contributed by atoms with Crippen molar-refractivity contribution in [3.8, 4) is 12.3 Å². The maximum atomic E-state index is 13.5. The molecule has 1 N–H and O–H groups in total. The fourth-order valence-electron chi connectivity index (χ4n) is 2.04. The second-order valence-electron chi connectivity index (χ2n) is 4.16. The van der Waals surface area contributed by atoms with Gasteiger partial charge >= 0.3 is 5.97 Å². The van der Waals surface area contributed by atoms with Crippen LogP contribution in [0.2, 0.25) is 0 Å². The van der Waals surface area contributed by atoms with Crippen LogP contribution in [0.15, 0.2) is 12.1 Å². The third kappa shape index (κ3) is 2.27. The van der Waals surface area contributed by atoms with Crippen LogP contribution in [0.3, 0.4) is 0 Å². The Bertz CT molecular complexity index is 607. The average molecular weight is 265 g/mol. The number of aromatic carboxylic acids is 1. The summed E-state index contributed by atoms with van der Waals surface area (Å²) in [6.45, 7) is 0.0541. The molecule has 98 valence electrons. The van der Waals surface area contributed by atoms with E-state index in [1.54, 1.807) is 0 Å². The molecule has 0 aromatic heterocycles. The molecule has 1 aliphatic heterocycles. The molecule has 2 rings (SSSR count). The van der Waals surface area contributed by atoms with Gasteiger partial charge in [-0.25, -0.2) is 13.6 Å². The minimum absolute atomic E-state index is 0.0354. The monoisotopic (exact) mass is 265 g/mol. The lowest BCUT2D eigenvalue weighted by Gasteiger charge is -2.18. The predicted molar refractivity (Wildman–Crippen MR) is 62.6 cm³/mol. The number of anilines is 1. The standard InChI is InChI=1S/C13H9F2NO3/c1-2-7-3-11(17)16(6-7)10-5-8(14)4-9(15)12(10)13(18)19/h1,4-5,7H,3,6H2,(H,18,19). The summed E-state index contributed by atoms with van der Waals surface area (Å²) in [5, 5.41) is 8.97. The van der Waals surface area contributed by atoms with E-state index < -0.39 is 29.1 Å². The van der Waals surface area contributed by atoms with Gasteiger partial charge in [0.1, 0.15) is 17.2 Å². The summed E-state index contributed by atoms with van der Waals surface area (Å²) in [7, 11) is 0. The largest absolute Gasteiger partial charge is 0.478 e. The number of halogens is 2. The zero-order valence-corrected chi connectivity index (χ0v) is 9.69. The van der Waals surface area contributed by atoms with E-state index in [2.05, 4.69) is 5.92 Å². The fourth-order valence-corrected chi connectivity index (χ4v) is 2.04. The van der Waals surface area contributed by atoms with Gasteiger partial charge in [-0.15, -0.1) is 12.3 Å². The minimum atomic E-state index is -1.57. The van der Waals surface area contributed by atoms with Crippen LogP contribution in [0.4, 0.5) is 14.5 Å².